The van der Waals surface area contributed by atoms with Gasteiger partial charge in [0.1, 0.15) is 18.3 Å². The van der Waals surface area contributed by atoms with Crippen LogP contribution in [0, 0.1) is 104 Å². The molecule has 0 radical (unpaired) electrons. The van der Waals surface area contributed by atoms with Gasteiger partial charge in [-0.1, -0.05) is 159 Å². The average Bonchev–Trinajstić information content (AvgIpc) is 1.36. The number of rotatable bonds is 9. The molecule has 0 bridgehead atoms. The van der Waals surface area contributed by atoms with Crippen LogP contribution in [-0.4, -0.2) is 68.3 Å². The second kappa shape index (κ2) is 31.0. The largest absolute Gasteiger partial charge is 0.459 e. The number of hydrogen-bond donors (Lipinski definition) is 3. The first-order valence-electron chi connectivity index (χ1n) is 39.4. The van der Waals surface area contributed by atoms with Gasteiger partial charge < -0.3 is 29.5 Å². The highest BCUT2D eigenvalue weighted by atomic mass is 16.6. The molecular weight excluding hydrogens is 1260 g/mol. The number of allylic oxidation sites excluding steroid dienone is 4. The Bertz CT molecular complexity index is 3120. The zero-order valence-corrected chi connectivity index (χ0v) is 63.1. The van der Waals surface area contributed by atoms with Gasteiger partial charge in [0.2, 0.25) is 0 Å². The highest BCUT2D eigenvalue weighted by molar-refractivity contribution is 5.90. The van der Waals surface area contributed by atoms with Crippen LogP contribution in [0.4, 0.5) is 0 Å². The van der Waals surface area contributed by atoms with Crippen molar-refractivity contribution in [2.75, 3.05) is 0 Å². The highest BCUT2D eigenvalue weighted by Crippen LogP contribution is 2.71. The van der Waals surface area contributed by atoms with Crippen molar-refractivity contribution in [3.05, 3.63) is 155 Å². The molecule has 0 amide bonds. The summed E-state index contributed by atoms with van der Waals surface area (Å²) in [7, 11) is 0. The topological polar surface area (TPSA) is 140 Å². The Morgan fingerprint density at radius 1 is 0.382 bits per heavy atom. The van der Waals surface area contributed by atoms with Crippen molar-refractivity contribution in [3.63, 3.8) is 0 Å². The average molecular weight is 1400 g/mol. The molecule has 1 unspecified atom stereocenters. The minimum absolute atomic E-state index is 0. The Kier molecular flexibility index (Phi) is 24.6. The van der Waals surface area contributed by atoms with E-state index in [1.54, 1.807) is 6.08 Å². The van der Waals surface area contributed by atoms with Crippen LogP contribution in [-0.2, 0) is 14.2 Å². The second-order valence-electron chi connectivity index (χ2n) is 36.8. The van der Waals surface area contributed by atoms with E-state index in [0.717, 1.165) is 132 Å². The lowest BCUT2D eigenvalue weighted by molar-refractivity contribution is -0.0804. The SMILES string of the molecule is C.C.C.C=CC.CC(OC(=O)c1ccccc1)[C@H]1CC[C@H]2[C@@H]3CC=C4C[C@@](C)(O)CC[C@]4(C)[C@H]3CC[C@]12C.C[C@@H](OC(=O)c1ccccc1)[C@H]1CC[C@H]2[C@@H]3CC=C4C[C@@](C)(O)CC[C@]4(C)[C@H]3CC[C@]12C.C[C@H](OC(=O)c1ccccc1)[C@H]1CC[C@H]2[C@@H]3CC=C4C[C@@](C)(O)CC[C@]4(C)[C@H]3CC[C@]12C. The van der Waals surface area contributed by atoms with Gasteiger partial charge in [-0.2, -0.15) is 0 Å². The number of benzene rings is 3. The van der Waals surface area contributed by atoms with Crippen LogP contribution in [0.1, 0.15) is 297 Å². The third-order valence-corrected chi connectivity index (χ3v) is 31.0. The monoisotopic (exact) mass is 1400 g/mol. The molecule has 12 aliphatic carbocycles. The molecule has 12 aliphatic rings. The Labute approximate surface area is 618 Å². The number of carbonyl (C=O) groups excluding carboxylic acids is 3. The molecule has 3 N–H and O–H groups in total. The summed E-state index contributed by atoms with van der Waals surface area (Å²) in [5.74, 6) is 7.26. The molecule has 9 heteroatoms. The van der Waals surface area contributed by atoms with Gasteiger partial charge >= 0.3 is 17.9 Å². The molecule has 3 aromatic carbocycles. The van der Waals surface area contributed by atoms with E-state index < -0.39 is 16.8 Å². The van der Waals surface area contributed by atoms with E-state index in [0.29, 0.717) is 52.2 Å². The third-order valence-electron chi connectivity index (χ3n) is 31.0. The molecule has 0 spiro atoms. The summed E-state index contributed by atoms with van der Waals surface area (Å²) < 4.78 is 18.1. The Hall–Kier alpha value is -5.09. The standard InChI is InChI=1S/3C29H40O3.C3H6.3CH4/c3*1-19(32-26(30)20-8-6-5-7-9-20)23-12-13-24-22-11-10-21-18-27(2,31)16-17-28(21,3)25(22)14-15-29(23,24)4;1-3-2;;;/h3*5-10,19,22-25,31H,11-18H2,1-4H3;3H,1H2,2H3;3*1H4/t19?,22-,23+,24-,25-,27-,28-,29+;19-,22+,23-,24+,25+,27+,28+,29-;19-,22-,23+,24-,25-,27-,28-,29+;;;;/m010..../s1. The summed E-state index contributed by atoms with van der Waals surface area (Å²) in [6.07, 6.45) is 36.0. The van der Waals surface area contributed by atoms with E-state index in [2.05, 4.69) is 87.1 Å². The predicted molar refractivity (Wildman–Crippen MR) is 417 cm³/mol. The lowest BCUT2D eigenvalue weighted by Gasteiger charge is -2.59. The fourth-order valence-corrected chi connectivity index (χ4v) is 25.5. The van der Waals surface area contributed by atoms with Crippen molar-refractivity contribution >= 4 is 17.9 Å². The molecular formula is C93H138O9. The van der Waals surface area contributed by atoms with Gasteiger partial charge in [0, 0.05) is 17.8 Å². The number of ether oxygens (including phenoxy) is 3. The van der Waals surface area contributed by atoms with Gasteiger partial charge in [-0.3, -0.25) is 0 Å². The third kappa shape index (κ3) is 15.2. The van der Waals surface area contributed by atoms with E-state index in [-0.39, 0.29) is 91.0 Å². The first kappa shape index (κ1) is 81.0. The normalized spacial score (nSPS) is 41.5. The number of aliphatic hydroxyl groups is 3. The molecule has 0 saturated heterocycles. The van der Waals surface area contributed by atoms with Gasteiger partial charge in [0.25, 0.3) is 0 Å². The van der Waals surface area contributed by atoms with Crippen LogP contribution in [0.25, 0.3) is 0 Å². The highest BCUT2D eigenvalue weighted by Gasteiger charge is 2.64. The van der Waals surface area contributed by atoms with Crippen LogP contribution in [0.2, 0.25) is 0 Å². The Morgan fingerprint density at radius 3 is 0.853 bits per heavy atom. The maximum Gasteiger partial charge on any atom is 0.338 e. The molecule has 564 valence electrons. The number of esters is 3. The maximum atomic E-state index is 12.7. The number of carbonyl (C=O) groups is 3. The van der Waals surface area contributed by atoms with Crippen LogP contribution in [0.15, 0.2) is 139 Å². The molecule has 9 saturated carbocycles. The second-order valence-corrected chi connectivity index (χ2v) is 36.8. The lowest BCUT2D eigenvalue weighted by Crippen LogP contribution is -2.52. The van der Waals surface area contributed by atoms with Gasteiger partial charge in [0.05, 0.1) is 33.5 Å². The predicted octanol–water partition coefficient (Wildman–Crippen LogP) is 22.8. The van der Waals surface area contributed by atoms with E-state index in [1.165, 1.54) is 74.5 Å². The van der Waals surface area contributed by atoms with E-state index >= 15 is 0 Å². The van der Waals surface area contributed by atoms with Crippen molar-refractivity contribution in [3.8, 4) is 0 Å². The van der Waals surface area contributed by atoms with Crippen molar-refractivity contribution in [2.24, 2.45) is 104 Å². The minimum Gasteiger partial charge on any atom is -0.459 e. The summed E-state index contributed by atoms with van der Waals surface area (Å²) in [6.45, 7) is 32.6. The molecule has 24 atom stereocenters. The summed E-state index contributed by atoms with van der Waals surface area (Å²) >= 11 is 0. The van der Waals surface area contributed by atoms with Crippen molar-refractivity contribution in [1.29, 1.82) is 0 Å². The maximum absolute atomic E-state index is 12.7. The molecule has 102 heavy (non-hydrogen) atoms. The minimum atomic E-state index is -0.530. The Morgan fingerprint density at radius 2 is 0.618 bits per heavy atom. The first-order valence-corrected chi connectivity index (χ1v) is 39.4. The number of hydrogen-bond acceptors (Lipinski definition) is 9. The van der Waals surface area contributed by atoms with Crippen LogP contribution < -0.4 is 0 Å². The van der Waals surface area contributed by atoms with Gasteiger partial charge in [-0.25, -0.2) is 14.4 Å². The fraction of sp³-hybridized carbons (Fsp3) is 0.688. The summed E-state index contributed by atoms with van der Waals surface area (Å²) in [5, 5.41) is 32.0. The van der Waals surface area contributed by atoms with E-state index in [4.69, 9.17) is 14.2 Å². The molecule has 9 nitrogen and oxygen atoms in total. The molecule has 15 rings (SSSR count). The molecule has 0 aliphatic heterocycles. The fourth-order valence-electron chi connectivity index (χ4n) is 25.5. The first-order chi connectivity index (χ1) is 46.8. The lowest BCUT2D eigenvalue weighted by atomic mass is 9.46. The summed E-state index contributed by atoms with van der Waals surface area (Å²) in [4.78, 5) is 38.1. The molecule has 0 aromatic heterocycles. The van der Waals surface area contributed by atoms with Crippen molar-refractivity contribution in [1.82, 2.24) is 0 Å². The number of fused-ring (bicyclic) bond motifs is 15. The van der Waals surface area contributed by atoms with Crippen LogP contribution in [0.3, 0.4) is 0 Å². The van der Waals surface area contributed by atoms with Crippen LogP contribution in [0.5, 0.6) is 0 Å². The van der Waals surface area contributed by atoms with E-state index in [9.17, 15) is 29.7 Å². The van der Waals surface area contributed by atoms with Gasteiger partial charge in [-0.05, 0) is 325 Å². The zero-order chi connectivity index (χ0) is 70.9. The Balaban J connectivity index is 0.000000172. The van der Waals surface area contributed by atoms with Gasteiger partial charge in [-0.15, -0.1) is 6.58 Å². The summed E-state index contributed by atoms with van der Waals surface area (Å²) in [6, 6.07) is 28.2. The molecule has 9 fully saturated rings. The van der Waals surface area contributed by atoms with E-state index in [1.807, 2.05) is 119 Å². The summed E-state index contributed by atoms with van der Waals surface area (Å²) in [5.41, 5.74) is 6.46. The van der Waals surface area contributed by atoms with Crippen LogP contribution >= 0.6 is 0 Å². The van der Waals surface area contributed by atoms with Gasteiger partial charge in [0.15, 0.2) is 0 Å². The molecule has 0 heterocycles. The molecule has 3 aromatic rings. The smallest absolute Gasteiger partial charge is 0.338 e. The van der Waals surface area contributed by atoms with Crippen molar-refractivity contribution < 1.29 is 43.9 Å². The van der Waals surface area contributed by atoms with Crippen molar-refractivity contribution in [2.45, 2.75) is 302 Å². The quantitative estimate of drug-likeness (QED) is 0.109. The zero-order valence-electron chi connectivity index (χ0n) is 63.1.